The molecule has 0 bridgehead atoms. The molecule has 2 aliphatic rings. The van der Waals surface area contributed by atoms with Gasteiger partial charge in [0.25, 0.3) is 0 Å². The van der Waals surface area contributed by atoms with E-state index in [-0.39, 0.29) is 6.10 Å². The van der Waals surface area contributed by atoms with Crippen LogP contribution in [0.2, 0.25) is 0 Å². The van der Waals surface area contributed by atoms with E-state index in [0.29, 0.717) is 5.92 Å². The van der Waals surface area contributed by atoms with Crippen molar-refractivity contribution in [3.8, 4) is 0 Å². The summed E-state index contributed by atoms with van der Waals surface area (Å²) >= 11 is 0. The lowest BCUT2D eigenvalue weighted by Gasteiger charge is -2.29. The molecule has 0 spiro atoms. The zero-order valence-electron chi connectivity index (χ0n) is 8.71. The van der Waals surface area contributed by atoms with Gasteiger partial charge in [-0.3, -0.25) is 0 Å². The lowest BCUT2D eigenvalue weighted by molar-refractivity contribution is 0.0642. The van der Waals surface area contributed by atoms with E-state index in [1.165, 1.54) is 38.5 Å². The summed E-state index contributed by atoms with van der Waals surface area (Å²) in [6.45, 7) is 2.34. The van der Waals surface area contributed by atoms with Crippen molar-refractivity contribution in [3.63, 3.8) is 0 Å². The highest BCUT2D eigenvalue weighted by atomic mass is 16.3. The molecule has 2 saturated carbocycles. The second kappa shape index (κ2) is 4.00. The Hall–Kier alpha value is -0.0400. The van der Waals surface area contributed by atoms with E-state index in [2.05, 4.69) is 6.92 Å². The number of hydrogen-bond acceptors (Lipinski definition) is 1. The quantitative estimate of drug-likeness (QED) is 0.711. The van der Waals surface area contributed by atoms with Gasteiger partial charge in [0, 0.05) is 0 Å². The molecule has 0 saturated heterocycles. The molecule has 0 aromatic rings. The van der Waals surface area contributed by atoms with Crippen molar-refractivity contribution in [2.45, 2.75) is 58.0 Å². The largest absolute Gasteiger partial charge is 0.393 e. The first-order valence-corrected chi connectivity index (χ1v) is 5.93. The predicted molar refractivity (Wildman–Crippen MR) is 54.5 cm³/mol. The van der Waals surface area contributed by atoms with Crippen LogP contribution in [-0.2, 0) is 0 Å². The molecular formula is C12H22O. The second-order valence-electron chi connectivity index (χ2n) is 5.27. The van der Waals surface area contributed by atoms with Gasteiger partial charge in [0.2, 0.25) is 0 Å². The van der Waals surface area contributed by atoms with Gasteiger partial charge in [-0.25, -0.2) is 0 Å². The molecule has 2 fully saturated rings. The first-order valence-electron chi connectivity index (χ1n) is 5.93. The Labute approximate surface area is 81.5 Å². The SMILES string of the molecule is CC1CCC(C(O)CC2CC2)CC1. The van der Waals surface area contributed by atoms with Crippen molar-refractivity contribution >= 4 is 0 Å². The first kappa shape index (κ1) is 9.51. The minimum absolute atomic E-state index is 0.0278. The molecule has 1 atom stereocenters. The topological polar surface area (TPSA) is 20.2 Å². The Balaban J connectivity index is 1.72. The molecule has 2 rings (SSSR count). The average molecular weight is 182 g/mol. The van der Waals surface area contributed by atoms with Crippen molar-refractivity contribution in [1.82, 2.24) is 0 Å². The van der Waals surface area contributed by atoms with Crippen molar-refractivity contribution in [3.05, 3.63) is 0 Å². The fraction of sp³-hybridized carbons (Fsp3) is 1.00. The number of aliphatic hydroxyl groups is 1. The summed E-state index contributed by atoms with van der Waals surface area (Å²) in [6, 6.07) is 0. The van der Waals surface area contributed by atoms with Crippen LogP contribution < -0.4 is 0 Å². The molecule has 1 heteroatoms. The molecule has 0 radical (unpaired) electrons. The Bertz CT molecular complexity index is 155. The Kier molecular flexibility index (Phi) is 2.92. The molecule has 13 heavy (non-hydrogen) atoms. The second-order valence-corrected chi connectivity index (χ2v) is 5.27. The van der Waals surface area contributed by atoms with E-state index >= 15 is 0 Å². The van der Waals surface area contributed by atoms with Gasteiger partial charge in [-0.05, 0) is 37.0 Å². The summed E-state index contributed by atoms with van der Waals surface area (Å²) in [5, 5.41) is 9.97. The molecule has 0 aromatic carbocycles. The van der Waals surface area contributed by atoms with Crippen molar-refractivity contribution in [2.75, 3.05) is 0 Å². The Morgan fingerprint density at radius 3 is 2.23 bits per heavy atom. The monoisotopic (exact) mass is 182 g/mol. The smallest absolute Gasteiger partial charge is 0.0571 e. The van der Waals surface area contributed by atoms with E-state index in [0.717, 1.165) is 18.3 Å². The maximum Gasteiger partial charge on any atom is 0.0571 e. The minimum atomic E-state index is 0.0278. The van der Waals surface area contributed by atoms with Gasteiger partial charge < -0.3 is 5.11 Å². The van der Waals surface area contributed by atoms with E-state index in [4.69, 9.17) is 0 Å². The lowest BCUT2D eigenvalue weighted by Crippen LogP contribution is -2.25. The number of rotatable bonds is 3. The van der Waals surface area contributed by atoms with Crippen LogP contribution >= 0.6 is 0 Å². The van der Waals surface area contributed by atoms with Gasteiger partial charge in [-0.1, -0.05) is 32.6 Å². The standard InChI is InChI=1S/C12H22O/c1-9-2-6-11(7-3-9)12(13)8-10-4-5-10/h9-13H,2-8H2,1H3. The van der Waals surface area contributed by atoms with Gasteiger partial charge in [-0.2, -0.15) is 0 Å². The highest BCUT2D eigenvalue weighted by Gasteiger charge is 2.30. The summed E-state index contributed by atoms with van der Waals surface area (Å²) in [5.74, 6) is 2.43. The third kappa shape index (κ3) is 2.70. The minimum Gasteiger partial charge on any atom is -0.393 e. The van der Waals surface area contributed by atoms with Crippen LogP contribution in [0, 0.1) is 17.8 Å². The van der Waals surface area contributed by atoms with Crippen LogP contribution in [-0.4, -0.2) is 11.2 Å². The van der Waals surface area contributed by atoms with Gasteiger partial charge >= 0.3 is 0 Å². The molecule has 0 aliphatic heterocycles. The molecule has 0 aromatic heterocycles. The van der Waals surface area contributed by atoms with Crippen LogP contribution in [0.25, 0.3) is 0 Å². The molecule has 1 nitrogen and oxygen atoms in total. The van der Waals surface area contributed by atoms with E-state index in [1.54, 1.807) is 0 Å². The third-order valence-electron chi connectivity index (χ3n) is 3.88. The lowest BCUT2D eigenvalue weighted by atomic mass is 9.79. The summed E-state index contributed by atoms with van der Waals surface area (Å²) in [4.78, 5) is 0. The van der Waals surface area contributed by atoms with Crippen LogP contribution in [0.1, 0.15) is 51.9 Å². The predicted octanol–water partition coefficient (Wildman–Crippen LogP) is 2.97. The fourth-order valence-electron chi connectivity index (χ4n) is 2.56. The van der Waals surface area contributed by atoms with Crippen LogP contribution in [0.3, 0.4) is 0 Å². The highest BCUT2D eigenvalue weighted by Crippen LogP contribution is 2.38. The zero-order chi connectivity index (χ0) is 9.26. The summed E-state index contributed by atoms with van der Waals surface area (Å²) in [6.07, 6.45) is 9.10. The van der Waals surface area contributed by atoms with Gasteiger partial charge in [-0.15, -0.1) is 0 Å². The fourth-order valence-corrected chi connectivity index (χ4v) is 2.56. The van der Waals surface area contributed by atoms with Gasteiger partial charge in [0.05, 0.1) is 6.10 Å². The number of hydrogen-bond donors (Lipinski definition) is 1. The first-order chi connectivity index (χ1) is 6.25. The van der Waals surface area contributed by atoms with Crippen LogP contribution in [0.4, 0.5) is 0 Å². The molecular weight excluding hydrogens is 160 g/mol. The summed E-state index contributed by atoms with van der Waals surface area (Å²) < 4.78 is 0. The molecule has 2 aliphatic carbocycles. The molecule has 0 heterocycles. The van der Waals surface area contributed by atoms with Crippen LogP contribution in [0.5, 0.6) is 0 Å². The van der Waals surface area contributed by atoms with Gasteiger partial charge in [0.15, 0.2) is 0 Å². The molecule has 1 N–H and O–H groups in total. The molecule has 1 unspecified atom stereocenters. The summed E-state index contributed by atoms with van der Waals surface area (Å²) in [7, 11) is 0. The zero-order valence-corrected chi connectivity index (χ0v) is 8.71. The van der Waals surface area contributed by atoms with Gasteiger partial charge in [0.1, 0.15) is 0 Å². The third-order valence-corrected chi connectivity index (χ3v) is 3.88. The van der Waals surface area contributed by atoms with E-state index in [9.17, 15) is 5.11 Å². The summed E-state index contributed by atoms with van der Waals surface area (Å²) in [5.41, 5.74) is 0. The van der Waals surface area contributed by atoms with E-state index in [1.807, 2.05) is 0 Å². The molecule has 76 valence electrons. The Morgan fingerprint density at radius 1 is 1.08 bits per heavy atom. The normalized spacial score (nSPS) is 37.4. The van der Waals surface area contributed by atoms with Crippen molar-refractivity contribution < 1.29 is 5.11 Å². The van der Waals surface area contributed by atoms with Crippen molar-refractivity contribution in [1.29, 1.82) is 0 Å². The van der Waals surface area contributed by atoms with Crippen LogP contribution in [0.15, 0.2) is 0 Å². The Morgan fingerprint density at radius 2 is 1.69 bits per heavy atom. The maximum absolute atomic E-state index is 9.97. The highest BCUT2D eigenvalue weighted by molar-refractivity contribution is 4.82. The average Bonchev–Trinajstić information content (AvgIpc) is 2.89. The maximum atomic E-state index is 9.97. The van der Waals surface area contributed by atoms with E-state index < -0.39 is 0 Å². The molecule has 0 amide bonds. The van der Waals surface area contributed by atoms with Crippen molar-refractivity contribution in [2.24, 2.45) is 17.8 Å². The number of aliphatic hydroxyl groups excluding tert-OH is 1.